The lowest BCUT2D eigenvalue weighted by Gasteiger charge is -2.17. The molecule has 0 radical (unpaired) electrons. The van der Waals surface area contributed by atoms with E-state index in [4.69, 9.17) is 10.2 Å². The molecule has 0 aliphatic carbocycles. The number of rotatable bonds is 11. The average Bonchev–Trinajstić information content (AvgIpc) is 2.53. The van der Waals surface area contributed by atoms with Crippen molar-refractivity contribution in [2.24, 2.45) is 0 Å². The van der Waals surface area contributed by atoms with Gasteiger partial charge in [-0.05, 0) is 6.42 Å². The van der Waals surface area contributed by atoms with Gasteiger partial charge in [-0.25, -0.2) is 4.79 Å². The third kappa shape index (κ3) is 8.98. The number of carbonyl (C=O) groups excluding carboxylic acids is 3. The van der Waals surface area contributed by atoms with E-state index >= 15 is 0 Å². The standard InChI is InChI=1S/C13H21N3O7S/c1-2-9(17)15-7(13(22)23)3-4-10(18)16-8(6-24)12(21)14-5-11(19)20/h7-8,24H,2-6H2,1H3,(H,14,21)(H,15,17)(H,16,18)(H,19,20)(H,22,23)/t7-,8-/m0/s1. The Balaban J connectivity index is 4.47. The number of aliphatic carboxylic acids is 2. The van der Waals surface area contributed by atoms with Gasteiger partial charge in [0.1, 0.15) is 18.6 Å². The van der Waals surface area contributed by atoms with E-state index in [1.165, 1.54) is 0 Å². The SMILES string of the molecule is CCC(=O)N[C@@H](CCC(=O)N[C@@H](CS)C(=O)NCC(=O)O)C(=O)O. The van der Waals surface area contributed by atoms with Crippen molar-refractivity contribution in [1.29, 1.82) is 0 Å². The number of nitrogens with one attached hydrogen (secondary N) is 3. The van der Waals surface area contributed by atoms with Gasteiger partial charge in [-0.1, -0.05) is 6.92 Å². The van der Waals surface area contributed by atoms with Crippen LogP contribution in [0.25, 0.3) is 0 Å². The Morgan fingerprint density at radius 3 is 2.04 bits per heavy atom. The van der Waals surface area contributed by atoms with Crippen molar-refractivity contribution in [2.75, 3.05) is 12.3 Å². The molecule has 0 aliphatic heterocycles. The highest BCUT2D eigenvalue weighted by Gasteiger charge is 2.23. The van der Waals surface area contributed by atoms with Crippen LogP contribution in [0.4, 0.5) is 0 Å². The van der Waals surface area contributed by atoms with Crippen molar-refractivity contribution < 1.29 is 34.2 Å². The number of amides is 3. The van der Waals surface area contributed by atoms with Crippen LogP contribution < -0.4 is 16.0 Å². The van der Waals surface area contributed by atoms with Crippen LogP contribution in [0.3, 0.4) is 0 Å². The lowest BCUT2D eigenvalue weighted by Crippen LogP contribution is -2.49. The van der Waals surface area contributed by atoms with Crippen LogP contribution in [0.15, 0.2) is 0 Å². The van der Waals surface area contributed by atoms with Gasteiger partial charge in [-0.15, -0.1) is 0 Å². The molecule has 0 aromatic carbocycles. The quantitative estimate of drug-likeness (QED) is 0.240. The zero-order chi connectivity index (χ0) is 18.7. The maximum absolute atomic E-state index is 11.8. The van der Waals surface area contributed by atoms with Crippen molar-refractivity contribution in [3.8, 4) is 0 Å². The normalized spacial score (nSPS) is 12.6. The molecular weight excluding hydrogens is 342 g/mol. The molecule has 0 aromatic rings. The van der Waals surface area contributed by atoms with E-state index < -0.39 is 48.3 Å². The first-order valence-corrected chi connectivity index (χ1v) is 7.76. The molecule has 0 aromatic heterocycles. The Bertz CT molecular complexity index is 498. The summed E-state index contributed by atoms with van der Waals surface area (Å²) in [4.78, 5) is 56.1. The molecule has 5 N–H and O–H groups in total. The fourth-order valence-corrected chi connectivity index (χ4v) is 1.83. The van der Waals surface area contributed by atoms with Crippen molar-refractivity contribution in [2.45, 2.75) is 38.3 Å². The molecule has 0 fully saturated rings. The molecule has 0 unspecified atom stereocenters. The minimum absolute atomic E-state index is 0.0634. The van der Waals surface area contributed by atoms with Crippen LogP contribution in [0.2, 0.25) is 0 Å². The second-order valence-electron chi connectivity index (χ2n) is 4.76. The van der Waals surface area contributed by atoms with Gasteiger partial charge in [0.15, 0.2) is 0 Å². The summed E-state index contributed by atoms with van der Waals surface area (Å²) in [6.07, 6.45) is -0.276. The molecule has 0 spiro atoms. The summed E-state index contributed by atoms with van der Waals surface area (Å²) < 4.78 is 0. The lowest BCUT2D eigenvalue weighted by molar-refractivity contribution is -0.142. The van der Waals surface area contributed by atoms with Gasteiger partial charge in [0.2, 0.25) is 17.7 Å². The van der Waals surface area contributed by atoms with Gasteiger partial charge in [0, 0.05) is 18.6 Å². The van der Waals surface area contributed by atoms with Crippen LogP contribution >= 0.6 is 12.6 Å². The number of carboxylic acids is 2. The number of carboxylic acid groups (broad SMARTS) is 2. The summed E-state index contributed by atoms with van der Waals surface area (Å²) in [6.45, 7) is 0.969. The topological polar surface area (TPSA) is 162 Å². The van der Waals surface area contributed by atoms with E-state index in [9.17, 15) is 24.0 Å². The maximum atomic E-state index is 11.8. The van der Waals surface area contributed by atoms with Crippen molar-refractivity contribution in [1.82, 2.24) is 16.0 Å². The van der Waals surface area contributed by atoms with Crippen LogP contribution in [-0.2, 0) is 24.0 Å². The molecule has 0 saturated carbocycles. The van der Waals surface area contributed by atoms with Crippen LogP contribution in [-0.4, -0.2) is 64.3 Å². The Hall–Kier alpha value is -2.30. The van der Waals surface area contributed by atoms with Gasteiger partial charge in [-0.2, -0.15) is 12.6 Å². The molecule has 10 nitrogen and oxygen atoms in total. The first-order chi connectivity index (χ1) is 11.2. The number of thiol groups is 1. The Labute approximate surface area is 143 Å². The van der Waals surface area contributed by atoms with E-state index in [-0.39, 0.29) is 25.0 Å². The summed E-state index contributed by atoms with van der Waals surface area (Å²) >= 11 is 3.90. The zero-order valence-corrected chi connectivity index (χ0v) is 14.0. The number of hydrogen-bond donors (Lipinski definition) is 6. The zero-order valence-electron chi connectivity index (χ0n) is 13.1. The molecule has 11 heteroatoms. The van der Waals surface area contributed by atoms with E-state index in [0.29, 0.717) is 0 Å². The second-order valence-corrected chi connectivity index (χ2v) is 5.13. The lowest BCUT2D eigenvalue weighted by atomic mass is 10.1. The minimum atomic E-state index is -1.27. The van der Waals surface area contributed by atoms with Crippen molar-refractivity contribution >= 4 is 42.3 Å². The maximum Gasteiger partial charge on any atom is 0.326 e. The second kappa shape index (κ2) is 11.3. The predicted octanol–water partition coefficient (Wildman–Crippen LogP) is -1.64. The molecule has 0 rings (SSSR count). The third-order valence-corrected chi connectivity index (χ3v) is 3.23. The van der Waals surface area contributed by atoms with Crippen molar-refractivity contribution in [3.63, 3.8) is 0 Å². The highest BCUT2D eigenvalue weighted by atomic mass is 32.1. The Kier molecular flexibility index (Phi) is 10.2. The van der Waals surface area contributed by atoms with Gasteiger partial charge in [0.05, 0.1) is 0 Å². The van der Waals surface area contributed by atoms with E-state index in [1.807, 2.05) is 0 Å². The first-order valence-electron chi connectivity index (χ1n) is 7.13. The van der Waals surface area contributed by atoms with Crippen LogP contribution in [0.1, 0.15) is 26.2 Å². The van der Waals surface area contributed by atoms with Gasteiger partial charge < -0.3 is 26.2 Å². The average molecular weight is 363 g/mol. The summed E-state index contributed by atoms with van der Waals surface area (Å²) in [6, 6.07) is -2.26. The summed E-state index contributed by atoms with van der Waals surface area (Å²) in [7, 11) is 0. The number of carbonyl (C=O) groups is 5. The highest BCUT2D eigenvalue weighted by molar-refractivity contribution is 7.80. The highest BCUT2D eigenvalue weighted by Crippen LogP contribution is 2.00. The molecular formula is C13H21N3O7S. The summed E-state index contributed by atoms with van der Waals surface area (Å²) in [5, 5.41) is 24.2. The molecule has 0 saturated heterocycles. The molecule has 2 atom stereocenters. The minimum Gasteiger partial charge on any atom is -0.480 e. The number of hydrogen-bond acceptors (Lipinski definition) is 6. The van der Waals surface area contributed by atoms with Crippen LogP contribution in [0.5, 0.6) is 0 Å². The largest absolute Gasteiger partial charge is 0.480 e. The fourth-order valence-electron chi connectivity index (χ4n) is 1.58. The molecule has 136 valence electrons. The molecule has 24 heavy (non-hydrogen) atoms. The first kappa shape index (κ1) is 21.7. The van der Waals surface area contributed by atoms with Gasteiger partial charge in [0.25, 0.3) is 0 Å². The summed E-state index contributed by atoms with van der Waals surface area (Å²) in [5.41, 5.74) is 0. The third-order valence-electron chi connectivity index (χ3n) is 2.86. The van der Waals surface area contributed by atoms with Crippen LogP contribution in [0, 0.1) is 0 Å². The fraction of sp³-hybridized carbons (Fsp3) is 0.615. The molecule has 0 bridgehead atoms. The molecule has 0 heterocycles. The Morgan fingerprint density at radius 2 is 1.58 bits per heavy atom. The smallest absolute Gasteiger partial charge is 0.326 e. The summed E-state index contributed by atoms with van der Waals surface area (Å²) in [5.74, 6) is -4.35. The van der Waals surface area contributed by atoms with Crippen molar-refractivity contribution in [3.05, 3.63) is 0 Å². The molecule has 3 amide bonds. The van der Waals surface area contributed by atoms with Gasteiger partial charge >= 0.3 is 11.9 Å². The van der Waals surface area contributed by atoms with E-state index in [1.54, 1.807) is 6.92 Å². The monoisotopic (exact) mass is 363 g/mol. The molecule has 0 aliphatic rings. The van der Waals surface area contributed by atoms with Gasteiger partial charge in [-0.3, -0.25) is 19.2 Å². The Morgan fingerprint density at radius 1 is 1.00 bits per heavy atom. The van der Waals surface area contributed by atoms with E-state index in [0.717, 1.165) is 0 Å². The van der Waals surface area contributed by atoms with E-state index in [2.05, 4.69) is 28.6 Å². The predicted molar refractivity (Wildman–Crippen MR) is 85.5 cm³/mol.